The van der Waals surface area contributed by atoms with Gasteiger partial charge in [0.15, 0.2) is 0 Å². The van der Waals surface area contributed by atoms with Crippen LogP contribution in [0.1, 0.15) is 18.3 Å². The van der Waals surface area contributed by atoms with Crippen LogP contribution in [0.4, 0.5) is 0 Å². The Bertz CT molecular complexity index is 397. The largest absolute Gasteiger partial charge is 0.269 e. The minimum Gasteiger partial charge on any atom is -0.269 e. The first kappa shape index (κ1) is 10.5. The maximum Gasteiger partial charge on any atom is 0.238 e. The van der Waals surface area contributed by atoms with Crippen LogP contribution < -0.4 is 0 Å². The first-order valence-electron chi connectivity index (χ1n) is 3.88. The number of nitrogens with zero attached hydrogens (tertiary/aromatic N) is 2. The molecule has 13 heavy (non-hydrogen) atoms. The van der Waals surface area contributed by atoms with E-state index in [-0.39, 0.29) is 5.75 Å². The lowest BCUT2D eigenvalue weighted by Gasteiger charge is -2.00. The van der Waals surface area contributed by atoms with E-state index in [1.807, 2.05) is 13.8 Å². The highest BCUT2D eigenvalue weighted by atomic mass is 35.7. The molecule has 1 heterocycles. The molecule has 6 heteroatoms. The first-order chi connectivity index (χ1) is 5.92. The van der Waals surface area contributed by atoms with Crippen LogP contribution >= 0.6 is 10.7 Å². The molecule has 0 aromatic carbocycles. The highest BCUT2D eigenvalue weighted by Crippen LogP contribution is 2.11. The van der Waals surface area contributed by atoms with Crippen LogP contribution in [0, 0.1) is 6.92 Å². The minimum absolute atomic E-state index is 0.163. The van der Waals surface area contributed by atoms with Crippen molar-refractivity contribution in [2.24, 2.45) is 0 Å². The Labute approximate surface area is 81.9 Å². The highest BCUT2D eigenvalue weighted by Gasteiger charge is 2.12. The van der Waals surface area contributed by atoms with Gasteiger partial charge < -0.3 is 0 Å². The molecule has 0 fully saturated rings. The molecular formula is C7H11ClN2O2S. The monoisotopic (exact) mass is 222 g/mol. The van der Waals surface area contributed by atoms with E-state index in [4.69, 9.17) is 10.7 Å². The van der Waals surface area contributed by atoms with E-state index in [0.29, 0.717) is 12.2 Å². The average molecular weight is 223 g/mol. The second-order valence-corrected chi connectivity index (χ2v) is 5.55. The maximum absolute atomic E-state index is 10.8. The van der Waals surface area contributed by atoms with Crippen molar-refractivity contribution in [1.29, 1.82) is 0 Å². The standard InChI is InChI=1S/C7H11ClN2O2S/c1-3-10-7(4-6(2)9-10)5-13(8,11)12/h4H,3,5H2,1-2H3. The molecule has 0 N–H and O–H groups in total. The fraction of sp³-hybridized carbons (Fsp3) is 0.571. The van der Waals surface area contributed by atoms with Crippen molar-refractivity contribution in [3.63, 3.8) is 0 Å². The molecule has 0 aliphatic rings. The summed E-state index contributed by atoms with van der Waals surface area (Å²) in [5.41, 5.74) is 1.44. The lowest BCUT2D eigenvalue weighted by Crippen LogP contribution is -2.05. The average Bonchev–Trinajstić information content (AvgIpc) is 2.27. The molecule has 74 valence electrons. The molecule has 1 rings (SSSR count). The molecule has 0 spiro atoms. The van der Waals surface area contributed by atoms with E-state index in [9.17, 15) is 8.42 Å². The van der Waals surface area contributed by atoms with Crippen LogP contribution in [0.2, 0.25) is 0 Å². The van der Waals surface area contributed by atoms with Crippen molar-refractivity contribution in [2.75, 3.05) is 0 Å². The zero-order valence-corrected chi connectivity index (χ0v) is 9.06. The quantitative estimate of drug-likeness (QED) is 0.724. The molecule has 0 amide bonds. The fourth-order valence-electron chi connectivity index (χ4n) is 1.17. The second-order valence-electron chi connectivity index (χ2n) is 2.78. The summed E-state index contributed by atoms with van der Waals surface area (Å²) in [4.78, 5) is 0. The van der Waals surface area contributed by atoms with Crippen LogP contribution in [0.5, 0.6) is 0 Å². The summed E-state index contributed by atoms with van der Waals surface area (Å²) in [6.45, 7) is 4.36. The Morgan fingerprint density at radius 1 is 1.62 bits per heavy atom. The number of aromatic nitrogens is 2. The number of hydrogen-bond donors (Lipinski definition) is 0. The third kappa shape index (κ3) is 3.00. The molecule has 0 bridgehead atoms. The Balaban J connectivity index is 3.00. The van der Waals surface area contributed by atoms with E-state index in [0.717, 1.165) is 5.69 Å². The zero-order valence-electron chi connectivity index (χ0n) is 7.49. The van der Waals surface area contributed by atoms with E-state index in [1.165, 1.54) is 0 Å². The summed E-state index contributed by atoms with van der Waals surface area (Å²) in [5.74, 6) is -0.163. The van der Waals surface area contributed by atoms with E-state index in [1.54, 1.807) is 10.7 Å². The summed E-state index contributed by atoms with van der Waals surface area (Å²) in [6.07, 6.45) is 0. The van der Waals surface area contributed by atoms with Gasteiger partial charge in [-0.15, -0.1) is 0 Å². The minimum atomic E-state index is -3.49. The van der Waals surface area contributed by atoms with Gasteiger partial charge in [0.1, 0.15) is 5.75 Å². The van der Waals surface area contributed by atoms with Crippen molar-refractivity contribution in [3.8, 4) is 0 Å². The molecule has 0 aliphatic carbocycles. The fourth-order valence-corrected chi connectivity index (χ4v) is 2.09. The molecule has 4 nitrogen and oxygen atoms in total. The lowest BCUT2D eigenvalue weighted by molar-refractivity contribution is 0.597. The summed E-state index contributed by atoms with van der Waals surface area (Å²) in [7, 11) is 1.65. The van der Waals surface area contributed by atoms with Gasteiger partial charge in [0.05, 0.1) is 11.4 Å². The van der Waals surface area contributed by atoms with Crippen LogP contribution in [0.15, 0.2) is 6.07 Å². The summed E-state index contributed by atoms with van der Waals surface area (Å²) < 4.78 is 23.2. The van der Waals surface area contributed by atoms with Gasteiger partial charge in [-0.25, -0.2) is 8.42 Å². The topological polar surface area (TPSA) is 52.0 Å². The van der Waals surface area contributed by atoms with Crippen molar-refractivity contribution in [2.45, 2.75) is 26.1 Å². The lowest BCUT2D eigenvalue weighted by atomic mass is 10.4. The van der Waals surface area contributed by atoms with Crippen molar-refractivity contribution in [1.82, 2.24) is 9.78 Å². The molecule has 1 aromatic rings. The van der Waals surface area contributed by atoms with Gasteiger partial charge in [-0.3, -0.25) is 4.68 Å². The highest BCUT2D eigenvalue weighted by molar-refractivity contribution is 8.13. The van der Waals surface area contributed by atoms with Crippen LogP contribution in [-0.4, -0.2) is 18.2 Å². The number of halogens is 1. The summed E-state index contributed by atoms with van der Waals surface area (Å²) >= 11 is 0. The summed E-state index contributed by atoms with van der Waals surface area (Å²) in [6, 6.07) is 1.73. The molecule has 1 aromatic heterocycles. The Hall–Kier alpha value is -0.550. The molecule has 0 saturated carbocycles. The number of rotatable bonds is 3. The Morgan fingerprint density at radius 2 is 2.23 bits per heavy atom. The van der Waals surface area contributed by atoms with E-state index < -0.39 is 9.05 Å². The number of aryl methyl sites for hydroxylation is 2. The van der Waals surface area contributed by atoms with Gasteiger partial charge in [-0.05, 0) is 19.9 Å². The Kier molecular flexibility index (Phi) is 2.98. The predicted octanol–water partition coefficient (Wildman–Crippen LogP) is 1.28. The molecule has 0 atom stereocenters. The SMILES string of the molecule is CCn1nc(C)cc1CS(=O)(=O)Cl. The Morgan fingerprint density at radius 3 is 2.69 bits per heavy atom. The molecule has 0 saturated heterocycles. The van der Waals surface area contributed by atoms with Gasteiger partial charge in [-0.1, -0.05) is 0 Å². The molecule has 0 aliphatic heterocycles. The molecule has 0 radical (unpaired) electrons. The van der Waals surface area contributed by atoms with Crippen molar-refractivity contribution in [3.05, 3.63) is 17.5 Å². The summed E-state index contributed by atoms with van der Waals surface area (Å²) in [5, 5.41) is 4.11. The van der Waals surface area contributed by atoms with Crippen LogP contribution in [-0.2, 0) is 21.3 Å². The number of hydrogen-bond acceptors (Lipinski definition) is 3. The van der Waals surface area contributed by atoms with Crippen molar-refractivity contribution < 1.29 is 8.42 Å². The normalized spacial score (nSPS) is 11.9. The third-order valence-corrected chi connectivity index (χ3v) is 2.57. The van der Waals surface area contributed by atoms with Crippen LogP contribution in [0.3, 0.4) is 0 Å². The van der Waals surface area contributed by atoms with E-state index in [2.05, 4.69) is 5.10 Å². The van der Waals surface area contributed by atoms with E-state index >= 15 is 0 Å². The van der Waals surface area contributed by atoms with Gasteiger partial charge >= 0.3 is 0 Å². The molecular weight excluding hydrogens is 212 g/mol. The second kappa shape index (κ2) is 3.67. The van der Waals surface area contributed by atoms with Crippen molar-refractivity contribution >= 4 is 19.7 Å². The van der Waals surface area contributed by atoms with Crippen LogP contribution in [0.25, 0.3) is 0 Å². The predicted molar refractivity (Wildman–Crippen MR) is 51.1 cm³/mol. The maximum atomic E-state index is 10.8. The zero-order chi connectivity index (χ0) is 10.1. The smallest absolute Gasteiger partial charge is 0.238 e. The van der Waals surface area contributed by atoms with Gasteiger partial charge in [0.25, 0.3) is 0 Å². The third-order valence-electron chi connectivity index (χ3n) is 1.61. The van der Waals surface area contributed by atoms with Gasteiger partial charge in [0, 0.05) is 17.2 Å². The van der Waals surface area contributed by atoms with Gasteiger partial charge in [-0.2, -0.15) is 5.10 Å². The molecule has 0 unspecified atom stereocenters. The van der Waals surface area contributed by atoms with Gasteiger partial charge in [0.2, 0.25) is 9.05 Å². The first-order valence-corrected chi connectivity index (χ1v) is 6.36.